The van der Waals surface area contributed by atoms with E-state index in [1.54, 1.807) is 0 Å². The summed E-state index contributed by atoms with van der Waals surface area (Å²) in [4.78, 5) is 17.9. The summed E-state index contributed by atoms with van der Waals surface area (Å²) in [7, 11) is 0. The third kappa shape index (κ3) is 1.75. The van der Waals surface area contributed by atoms with E-state index in [1.807, 2.05) is 0 Å². The van der Waals surface area contributed by atoms with Crippen molar-refractivity contribution in [3.63, 3.8) is 0 Å². The normalized spacial score (nSPS) is 31.1. The minimum absolute atomic E-state index is 0.235. The first-order chi connectivity index (χ1) is 9.13. The summed E-state index contributed by atoms with van der Waals surface area (Å²) < 4.78 is 6.54. The molecule has 1 fully saturated rings. The molecule has 0 radical (unpaired) electrons. The van der Waals surface area contributed by atoms with Crippen LogP contribution in [0.5, 0.6) is 0 Å². The highest BCUT2D eigenvalue weighted by molar-refractivity contribution is 5.72. The second-order valence-corrected chi connectivity index (χ2v) is 4.29. The van der Waals surface area contributed by atoms with Crippen LogP contribution >= 0.6 is 0 Å². The Morgan fingerprint density at radius 2 is 2.21 bits per heavy atom. The quantitative estimate of drug-likeness (QED) is 0.482. The second kappa shape index (κ2) is 4.38. The predicted molar refractivity (Wildman–Crippen MR) is 61.2 cm³/mol. The van der Waals surface area contributed by atoms with Crippen molar-refractivity contribution in [3.8, 4) is 0 Å². The minimum atomic E-state index is -1.26. The van der Waals surface area contributed by atoms with Crippen molar-refractivity contribution in [2.75, 3.05) is 6.61 Å². The van der Waals surface area contributed by atoms with E-state index in [0.717, 1.165) is 0 Å². The van der Waals surface area contributed by atoms with E-state index in [4.69, 9.17) is 9.84 Å². The number of fused-ring (bicyclic) bond motifs is 1. The van der Waals surface area contributed by atoms with Crippen LogP contribution in [0.2, 0.25) is 0 Å². The third-order valence-electron chi connectivity index (χ3n) is 3.15. The van der Waals surface area contributed by atoms with Gasteiger partial charge in [0, 0.05) is 0 Å². The predicted octanol–water partition coefficient (Wildman–Crippen LogP) is -2.27. The number of ether oxygens (including phenoxy) is 1. The molecule has 0 spiro atoms. The summed E-state index contributed by atoms with van der Waals surface area (Å²) in [5, 5.41) is 32.8. The summed E-state index contributed by atoms with van der Waals surface area (Å²) in [6.45, 7) is -0.429. The van der Waals surface area contributed by atoms with Gasteiger partial charge in [0.05, 0.1) is 19.1 Å². The van der Waals surface area contributed by atoms with Gasteiger partial charge in [-0.15, -0.1) is 0 Å². The molecule has 0 bridgehead atoms. The van der Waals surface area contributed by atoms with Gasteiger partial charge in [0.2, 0.25) is 0 Å². The van der Waals surface area contributed by atoms with Gasteiger partial charge >= 0.3 is 0 Å². The van der Waals surface area contributed by atoms with Gasteiger partial charge in [0.1, 0.15) is 23.7 Å². The molecular weight excluding hydrogens is 256 g/mol. The van der Waals surface area contributed by atoms with Crippen LogP contribution in [0, 0.1) is 0 Å². The highest BCUT2D eigenvalue weighted by Gasteiger charge is 2.44. The lowest BCUT2D eigenvalue weighted by Crippen LogP contribution is -2.33. The molecule has 2 aromatic heterocycles. The van der Waals surface area contributed by atoms with E-state index in [2.05, 4.69) is 15.1 Å². The lowest BCUT2D eigenvalue weighted by Gasteiger charge is -2.15. The summed E-state index contributed by atoms with van der Waals surface area (Å²) in [5.74, 6) is 0. The van der Waals surface area contributed by atoms with Crippen molar-refractivity contribution in [2.24, 2.45) is 0 Å². The Bertz CT molecular complexity index is 653. The summed E-state index contributed by atoms with van der Waals surface area (Å²) in [6.07, 6.45) is -1.88. The Hall–Kier alpha value is -1.81. The van der Waals surface area contributed by atoms with Crippen LogP contribution in [0.4, 0.5) is 0 Å². The third-order valence-corrected chi connectivity index (χ3v) is 3.15. The van der Waals surface area contributed by atoms with Gasteiger partial charge in [0.15, 0.2) is 11.9 Å². The molecular formula is C10H12N4O5. The molecule has 3 rings (SSSR count). The molecule has 1 saturated heterocycles. The molecule has 3 heterocycles. The van der Waals surface area contributed by atoms with Gasteiger partial charge in [-0.05, 0) is 0 Å². The zero-order valence-corrected chi connectivity index (χ0v) is 9.67. The Morgan fingerprint density at radius 3 is 2.89 bits per heavy atom. The monoisotopic (exact) mass is 268 g/mol. The van der Waals surface area contributed by atoms with Crippen LogP contribution in [0.1, 0.15) is 6.23 Å². The average Bonchev–Trinajstić information content (AvgIpc) is 2.94. The molecule has 9 heteroatoms. The number of nitrogens with one attached hydrogen (secondary N) is 1. The van der Waals surface area contributed by atoms with E-state index in [1.165, 1.54) is 17.2 Å². The van der Waals surface area contributed by atoms with Crippen molar-refractivity contribution in [1.82, 2.24) is 19.7 Å². The Kier molecular flexibility index (Phi) is 2.82. The fourth-order valence-corrected chi connectivity index (χ4v) is 2.14. The lowest BCUT2D eigenvalue weighted by atomic mass is 10.1. The molecule has 2 aromatic rings. The molecule has 0 unspecified atom stereocenters. The maximum absolute atomic E-state index is 11.5. The maximum atomic E-state index is 11.5. The van der Waals surface area contributed by atoms with Crippen LogP contribution in [0.25, 0.3) is 11.0 Å². The average molecular weight is 268 g/mol. The fourth-order valence-electron chi connectivity index (χ4n) is 2.14. The van der Waals surface area contributed by atoms with Gasteiger partial charge in [-0.2, -0.15) is 5.10 Å². The molecule has 0 aliphatic carbocycles. The van der Waals surface area contributed by atoms with Crippen LogP contribution < -0.4 is 5.56 Å². The summed E-state index contributed by atoms with van der Waals surface area (Å²) in [6, 6.07) is 0. The number of H-pyrrole nitrogens is 1. The second-order valence-electron chi connectivity index (χ2n) is 4.29. The fraction of sp³-hybridized carbons (Fsp3) is 0.500. The smallest absolute Gasteiger partial charge is 0.261 e. The van der Waals surface area contributed by atoms with E-state index in [9.17, 15) is 15.0 Å². The van der Waals surface area contributed by atoms with Crippen molar-refractivity contribution in [2.45, 2.75) is 24.5 Å². The molecule has 4 atom stereocenters. The van der Waals surface area contributed by atoms with Gasteiger partial charge in [-0.3, -0.25) is 4.79 Å². The van der Waals surface area contributed by atoms with Crippen LogP contribution in [0.3, 0.4) is 0 Å². The Balaban J connectivity index is 2.06. The number of aliphatic hydroxyl groups excluding tert-OH is 3. The van der Waals surface area contributed by atoms with Crippen LogP contribution in [-0.2, 0) is 4.74 Å². The molecule has 102 valence electrons. The minimum Gasteiger partial charge on any atom is -0.394 e. The number of hydrogen-bond donors (Lipinski definition) is 4. The number of aromatic nitrogens is 4. The van der Waals surface area contributed by atoms with E-state index >= 15 is 0 Å². The molecule has 9 nitrogen and oxygen atoms in total. The van der Waals surface area contributed by atoms with E-state index in [-0.39, 0.29) is 16.6 Å². The highest BCUT2D eigenvalue weighted by atomic mass is 16.6. The van der Waals surface area contributed by atoms with Crippen LogP contribution in [-0.4, -0.2) is 60.0 Å². The number of nitrogens with zero attached hydrogens (tertiary/aromatic N) is 3. The Labute approximate surface area is 106 Å². The molecule has 4 N–H and O–H groups in total. The first-order valence-corrected chi connectivity index (χ1v) is 5.67. The van der Waals surface area contributed by atoms with Crippen molar-refractivity contribution in [1.29, 1.82) is 0 Å². The lowest BCUT2D eigenvalue weighted by molar-refractivity contribution is -0.0566. The van der Waals surface area contributed by atoms with Crippen molar-refractivity contribution >= 4 is 11.0 Å². The summed E-state index contributed by atoms with van der Waals surface area (Å²) in [5.41, 5.74) is -0.124. The van der Waals surface area contributed by atoms with Crippen LogP contribution in [0.15, 0.2) is 17.3 Å². The first kappa shape index (κ1) is 12.2. The van der Waals surface area contributed by atoms with Gasteiger partial charge in [0.25, 0.3) is 5.56 Å². The maximum Gasteiger partial charge on any atom is 0.261 e. The topological polar surface area (TPSA) is 133 Å². The number of aliphatic hydroxyl groups is 3. The number of hydrogen-bond acceptors (Lipinski definition) is 7. The van der Waals surface area contributed by atoms with Gasteiger partial charge in [-0.25, -0.2) is 9.67 Å². The Morgan fingerprint density at radius 1 is 1.42 bits per heavy atom. The first-order valence-electron chi connectivity index (χ1n) is 5.67. The van der Waals surface area contributed by atoms with E-state index in [0.29, 0.717) is 0 Å². The molecule has 1 aliphatic heterocycles. The SMILES string of the molecule is O=c1[nH]cnc2c1cnn2[C@H]1O[C@H](CO)[C@@H](O)[C@@H]1O. The van der Waals surface area contributed by atoms with Gasteiger partial charge in [-0.1, -0.05) is 0 Å². The largest absolute Gasteiger partial charge is 0.394 e. The molecule has 0 amide bonds. The van der Waals surface area contributed by atoms with E-state index < -0.39 is 31.1 Å². The number of aromatic amines is 1. The number of rotatable bonds is 2. The van der Waals surface area contributed by atoms with Crippen molar-refractivity contribution < 1.29 is 20.1 Å². The molecule has 1 aliphatic rings. The highest BCUT2D eigenvalue weighted by Crippen LogP contribution is 2.30. The molecule has 0 aromatic carbocycles. The molecule has 0 saturated carbocycles. The zero-order valence-electron chi connectivity index (χ0n) is 9.67. The standard InChI is InChI=1S/C10H12N4O5/c15-2-5-6(16)7(17)10(19-5)14-8-4(1-13-14)9(18)12-3-11-8/h1,3,5-7,10,15-17H,2H2,(H,11,12,18)/t5-,6-,7+,10+/m1/s1. The van der Waals surface area contributed by atoms with Crippen molar-refractivity contribution in [3.05, 3.63) is 22.9 Å². The molecule has 19 heavy (non-hydrogen) atoms. The summed E-state index contributed by atoms with van der Waals surface area (Å²) >= 11 is 0. The zero-order chi connectivity index (χ0) is 13.6. The van der Waals surface area contributed by atoms with Gasteiger partial charge < -0.3 is 25.0 Å².